The standard InChI is InChI=1S/C16H24N2O3S/c1-2-3-4-7-17-16(20)18-8-9-21-12-13(18)11-14(19)15-6-5-10-22-15/h2-3,5-6,10,13-14,19H,4,7-9,11-12H2,1H3,(H,17,20)/b3-2+. The van der Waals surface area contributed by atoms with Crippen molar-refractivity contribution in [1.29, 1.82) is 0 Å². The zero-order chi connectivity index (χ0) is 15.8. The molecule has 2 N–H and O–H groups in total. The molecule has 0 bridgehead atoms. The highest BCUT2D eigenvalue weighted by Crippen LogP contribution is 2.25. The predicted molar refractivity (Wildman–Crippen MR) is 88.0 cm³/mol. The molecule has 2 unspecified atom stereocenters. The summed E-state index contributed by atoms with van der Waals surface area (Å²) in [7, 11) is 0. The molecule has 1 aliphatic rings. The van der Waals surface area contributed by atoms with Crippen LogP contribution < -0.4 is 5.32 Å². The van der Waals surface area contributed by atoms with Crippen molar-refractivity contribution < 1.29 is 14.6 Å². The van der Waals surface area contributed by atoms with Gasteiger partial charge in [-0.25, -0.2) is 4.79 Å². The van der Waals surface area contributed by atoms with Crippen molar-refractivity contribution >= 4 is 17.4 Å². The fourth-order valence-corrected chi connectivity index (χ4v) is 3.23. The second-order valence-electron chi connectivity index (χ2n) is 5.28. The van der Waals surface area contributed by atoms with E-state index in [2.05, 4.69) is 5.32 Å². The lowest BCUT2D eigenvalue weighted by molar-refractivity contribution is -0.00642. The number of morpholine rings is 1. The monoisotopic (exact) mass is 324 g/mol. The van der Waals surface area contributed by atoms with E-state index in [9.17, 15) is 9.90 Å². The van der Waals surface area contributed by atoms with Gasteiger partial charge >= 0.3 is 6.03 Å². The Hall–Kier alpha value is -1.37. The summed E-state index contributed by atoms with van der Waals surface area (Å²) in [6.07, 6.45) is 4.78. The molecule has 2 heterocycles. The number of hydrogen-bond acceptors (Lipinski definition) is 4. The number of rotatable bonds is 6. The first-order valence-electron chi connectivity index (χ1n) is 7.67. The van der Waals surface area contributed by atoms with Gasteiger partial charge in [0, 0.05) is 24.4 Å². The van der Waals surface area contributed by atoms with E-state index in [1.54, 1.807) is 4.90 Å². The Kier molecular flexibility index (Phi) is 6.89. The van der Waals surface area contributed by atoms with Gasteiger partial charge in [0.15, 0.2) is 0 Å². The van der Waals surface area contributed by atoms with Crippen molar-refractivity contribution in [2.75, 3.05) is 26.3 Å². The Bertz CT molecular complexity index is 476. The van der Waals surface area contributed by atoms with Gasteiger partial charge in [-0.2, -0.15) is 0 Å². The number of amides is 2. The van der Waals surface area contributed by atoms with E-state index in [0.29, 0.717) is 32.7 Å². The first-order chi connectivity index (χ1) is 10.7. The van der Waals surface area contributed by atoms with Gasteiger partial charge in [0.2, 0.25) is 0 Å². The third-order valence-corrected chi connectivity index (χ3v) is 4.65. The summed E-state index contributed by atoms with van der Waals surface area (Å²) < 4.78 is 5.48. The SMILES string of the molecule is C/C=C/CCNC(=O)N1CCOCC1CC(O)c1cccs1. The highest BCUT2D eigenvalue weighted by molar-refractivity contribution is 7.10. The minimum Gasteiger partial charge on any atom is -0.387 e. The van der Waals surface area contributed by atoms with Crippen molar-refractivity contribution in [3.8, 4) is 0 Å². The second kappa shape index (κ2) is 8.92. The quantitative estimate of drug-likeness (QED) is 0.624. The van der Waals surface area contributed by atoms with E-state index in [4.69, 9.17) is 4.74 Å². The summed E-state index contributed by atoms with van der Waals surface area (Å²) in [5.41, 5.74) is 0. The number of nitrogens with zero attached hydrogens (tertiary/aromatic N) is 1. The molecule has 2 atom stereocenters. The molecule has 0 spiro atoms. The highest BCUT2D eigenvalue weighted by atomic mass is 32.1. The summed E-state index contributed by atoms with van der Waals surface area (Å²) in [5, 5.41) is 15.2. The lowest BCUT2D eigenvalue weighted by Crippen LogP contribution is -2.53. The van der Waals surface area contributed by atoms with Crippen LogP contribution in [0.15, 0.2) is 29.7 Å². The number of aliphatic hydroxyl groups excluding tert-OH is 1. The van der Waals surface area contributed by atoms with Gasteiger partial charge in [-0.1, -0.05) is 18.2 Å². The van der Waals surface area contributed by atoms with Crippen LogP contribution in [0, 0.1) is 0 Å². The lowest BCUT2D eigenvalue weighted by atomic mass is 10.1. The van der Waals surface area contributed by atoms with Crippen LogP contribution >= 0.6 is 11.3 Å². The normalized spacial score (nSPS) is 20.3. The molecule has 1 saturated heterocycles. The van der Waals surface area contributed by atoms with E-state index >= 15 is 0 Å². The average molecular weight is 324 g/mol. The fourth-order valence-electron chi connectivity index (χ4n) is 2.50. The van der Waals surface area contributed by atoms with Crippen molar-refractivity contribution in [1.82, 2.24) is 10.2 Å². The maximum Gasteiger partial charge on any atom is 0.317 e. The number of aliphatic hydroxyl groups is 1. The van der Waals surface area contributed by atoms with Gasteiger partial charge in [0.25, 0.3) is 0 Å². The Balaban J connectivity index is 1.88. The largest absolute Gasteiger partial charge is 0.387 e. The molecule has 5 nitrogen and oxygen atoms in total. The van der Waals surface area contributed by atoms with E-state index in [1.165, 1.54) is 11.3 Å². The molecule has 2 rings (SSSR count). The zero-order valence-corrected chi connectivity index (χ0v) is 13.7. The lowest BCUT2D eigenvalue weighted by Gasteiger charge is -2.36. The number of carbonyl (C=O) groups excluding carboxylic acids is 1. The van der Waals surface area contributed by atoms with Crippen LogP contribution in [-0.2, 0) is 4.74 Å². The van der Waals surface area contributed by atoms with Crippen LogP contribution in [-0.4, -0.2) is 48.4 Å². The molecular formula is C16H24N2O3S. The van der Waals surface area contributed by atoms with Crippen LogP contribution in [0.25, 0.3) is 0 Å². The summed E-state index contributed by atoms with van der Waals surface area (Å²) in [4.78, 5) is 15.0. The van der Waals surface area contributed by atoms with Gasteiger partial charge in [0.05, 0.1) is 25.4 Å². The van der Waals surface area contributed by atoms with Gasteiger partial charge in [-0.05, 0) is 24.8 Å². The molecule has 1 aromatic rings. The number of urea groups is 1. The number of hydrogen-bond donors (Lipinski definition) is 2. The summed E-state index contributed by atoms with van der Waals surface area (Å²) in [6.45, 7) is 4.18. The van der Waals surface area contributed by atoms with Crippen LogP contribution in [0.3, 0.4) is 0 Å². The fraction of sp³-hybridized carbons (Fsp3) is 0.562. The number of allylic oxidation sites excluding steroid dienone is 1. The van der Waals surface area contributed by atoms with Crippen molar-refractivity contribution in [2.45, 2.75) is 31.9 Å². The van der Waals surface area contributed by atoms with Crippen LogP contribution in [0.2, 0.25) is 0 Å². The molecule has 0 saturated carbocycles. The zero-order valence-electron chi connectivity index (χ0n) is 12.9. The van der Waals surface area contributed by atoms with E-state index in [0.717, 1.165) is 11.3 Å². The minimum atomic E-state index is -0.551. The van der Waals surface area contributed by atoms with Crippen LogP contribution in [0.4, 0.5) is 4.79 Å². The van der Waals surface area contributed by atoms with E-state index in [1.807, 2.05) is 36.6 Å². The maximum absolute atomic E-state index is 12.3. The average Bonchev–Trinajstić information content (AvgIpc) is 3.06. The molecule has 1 aliphatic heterocycles. The van der Waals surface area contributed by atoms with Gasteiger partial charge in [-0.3, -0.25) is 0 Å². The number of ether oxygens (including phenoxy) is 1. The highest BCUT2D eigenvalue weighted by Gasteiger charge is 2.29. The summed E-state index contributed by atoms with van der Waals surface area (Å²) in [6, 6.07) is 3.68. The Morgan fingerprint density at radius 3 is 3.27 bits per heavy atom. The van der Waals surface area contributed by atoms with Crippen LogP contribution in [0.1, 0.15) is 30.7 Å². The summed E-state index contributed by atoms with van der Waals surface area (Å²) >= 11 is 1.53. The predicted octanol–water partition coefficient (Wildman–Crippen LogP) is 2.55. The topological polar surface area (TPSA) is 61.8 Å². The molecule has 1 aromatic heterocycles. The third-order valence-electron chi connectivity index (χ3n) is 3.68. The Morgan fingerprint density at radius 2 is 2.55 bits per heavy atom. The molecule has 2 amide bonds. The smallest absolute Gasteiger partial charge is 0.317 e. The Labute approximate surface area is 135 Å². The molecule has 1 fully saturated rings. The number of nitrogens with one attached hydrogen (secondary N) is 1. The minimum absolute atomic E-state index is 0.0730. The molecule has 6 heteroatoms. The molecule has 0 radical (unpaired) electrons. The first-order valence-corrected chi connectivity index (χ1v) is 8.55. The molecule has 22 heavy (non-hydrogen) atoms. The van der Waals surface area contributed by atoms with E-state index < -0.39 is 6.10 Å². The van der Waals surface area contributed by atoms with Crippen molar-refractivity contribution in [3.63, 3.8) is 0 Å². The van der Waals surface area contributed by atoms with Gasteiger partial charge in [-0.15, -0.1) is 11.3 Å². The molecule has 0 aromatic carbocycles. The van der Waals surface area contributed by atoms with E-state index in [-0.39, 0.29) is 12.1 Å². The molecular weight excluding hydrogens is 300 g/mol. The van der Waals surface area contributed by atoms with Gasteiger partial charge < -0.3 is 20.1 Å². The van der Waals surface area contributed by atoms with Crippen molar-refractivity contribution in [3.05, 3.63) is 34.5 Å². The first kappa shape index (κ1) is 17.0. The molecule has 0 aliphatic carbocycles. The number of thiophene rings is 1. The summed E-state index contributed by atoms with van der Waals surface area (Å²) in [5.74, 6) is 0. The van der Waals surface area contributed by atoms with Crippen molar-refractivity contribution in [2.24, 2.45) is 0 Å². The third kappa shape index (κ3) is 4.83. The second-order valence-corrected chi connectivity index (χ2v) is 6.26. The van der Waals surface area contributed by atoms with Gasteiger partial charge in [0.1, 0.15) is 0 Å². The maximum atomic E-state index is 12.3. The number of carbonyl (C=O) groups is 1. The Morgan fingerprint density at radius 1 is 1.68 bits per heavy atom. The molecule has 122 valence electrons. The van der Waals surface area contributed by atoms with Crippen LogP contribution in [0.5, 0.6) is 0 Å².